The highest BCUT2D eigenvalue weighted by Gasteiger charge is 2.23. The number of rotatable bonds is 10. The molecule has 0 spiro atoms. The maximum atomic E-state index is 13.2. The number of anilines is 1. The van der Waals surface area contributed by atoms with Crippen LogP contribution in [0.2, 0.25) is 0 Å². The Morgan fingerprint density at radius 1 is 1.17 bits per heavy atom. The van der Waals surface area contributed by atoms with Gasteiger partial charge in [-0.05, 0) is 23.6 Å². The summed E-state index contributed by atoms with van der Waals surface area (Å²) in [5, 5.41) is 1.97. The van der Waals surface area contributed by atoms with E-state index in [1.165, 1.54) is 0 Å². The van der Waals surface area contributed by atoms with Crippen LogP contribution in [0.25, 0.3) is 0 Å². The Morgan fingerprint density at radius 3 is 2.66 bits per heavy atom. The molecule has 2 heterocycles. The normalized spacial score (nSPS) is 12.8. The van der Waals surface area contributed by atoms with Gasteiger partial charge in [-0.25, -0.2) is 0 Å². The number of hydrogen-bond acceptors (Lipinski definition) is 7. The lowest BCUT2D eigenvalue weighted by Crippen LogP contribution is -2.44. The van der Waals surface area contributed by atoms with E-state index in [1.807, 2.05) is 35.7 Å². The van der Waals surface area contributed by atoms with Crippen molar-refractivity contribution in [3.63, 3.8) is 0 Å². The van der Waals surface area contributed by atoms with Crippen LogP contribution in [-0.2, 0) is 20.9 Å². The Hall–Kier alpha value is -2.62. The van der Waals surface area contributed by atoms with Crippen LogP contribution >= 0.6 is 11.3 Å². The molecule has 3 rings (SSSR count). The van der Waals surface area contributed by atoms with E-state index in [9.17, 15) is 9.59 Å². The number of carbonyl (C=O) groups excluding carboxylic acids is 2. The van der Waals surface area contributed by atoms with Crippen molar-refractivity contribution in [3.05, 3.63) is 40.6 Å². The van der Waals surface area contributed by atoms with Crippen molar-refractivity contribution in [1.82, 2.24) is 4.90 Å². The highest BCUT2D eigenvalue weighted by molar-refractivity contribution is 7.09. The number of methoxy groups -OCH3 is 1. The fraction of sp³-hybridized carbons (Fsp3) is 0.400. The molecule has 8 nitrogen and oxygen atoms in total. The lowest BCUT2D eigenvalue weighted by molar-refractivity contribution is -0.122. The molecule has 0 fully saturated rings. The van der Waals surface area contributed by atoms with Crippen LogP contribution in [-0.4, -0.2) is 63.3 Å². The number of thiophene rings is 1. The van der Waals surface area contributed by atoms with E-state index < -0.39 is 5.91 Å². The molecule has 29 heavy (non-hydrogen) atoms. The van der Waals surface area contributed by atoms with E-state index >= 15 is 0 Å². The van der Waals surface area contributed by atoms with Gasteiger partial charge in [0, 0.05) is 30.3 Å². The van der Waals surface area contributed by atoms with Crippen molar-refractivity contribution in [1.29, 1.82) is 0 Å². The van der Waals surface area contributed by atoms with Crippen molar-refractivity contribution in [2.24, 2.45) is 5.73 Å². The topological polar surface area (TPSA) is 94.3 Å². The van der Waals surface area contributed by atoms with E-state index in [4.69, 9.17) is 19.9 Å². The predicted octanol–water partition coefficient (Wildman–Crippen LogP) is 1.49. The third-order valence-corrected chi connectivity index (χ3v) is 5.24. The fourth-order valence-electron chi connectivity index (χ4n) is 3.01. The number of nitrogens with two attached hydrogens (primary N) is 1. The van der Waals surface area contributed by atoms with Crippen molar-refractivity contribution in [2.75, 3.05) is 51.5 Å². The molecule has 0 saturated heterocycles. The van der Waals surface area contributed by atoms with E-state index in [0.717, 1.165) is 4.88 Å². The molecule has 0 unspecified atom stereocenters. The van der Waals surface area contributed by atoms with Crippen LogP contribution in [0.3, 0.4) is 0 Å². The minimum atomic E-state index is -0.488. The number of amides is 2. The van der Waals surface area contributed by atoms with Gasteiger partial charge in [-0.3, -0.25) is 14.5 Å². The first-order valence-electron chi connectivity index (χ1n) is 9.29. The van der Waals surface area contributed by atoms with E-state index in [1.54, 1.807) is 28.2 Å². The van der Waals surface area contributed by atoms with Gasteiger partial charge in [0.15, 0.2) is 11.5 Å². The molecule has 2 aromatic rings. The van der Waals surface area contributed by atoms with Crippen molar-refractivity contribution in [3.8, 4) is 11.5 Å². The second-order valence-electron chi connectivity index (χ2n) is 6.56. The Bertz CT molecular complexity index is 828. The lowest BCUT2D eigenvalue weighted by Gasteiger charge is -2.28. The smallest absolute Gasteiger partial charge is 0.241 e. The average molecular weight is 420 g/mol. The van der Waals surface area contributed by atoms with E-state index in [0.29, 0.717) is 50.1 Å². The van der Waals surface area contributed by atoms with Gasteiger partial charge < -0.3 is 24.8 Å². The standard InChI is InChI=1S/C20H25N3O5S/c1-26-7-6-22(13-19(21)24)14-20(25)23(12-16-3-2-10-29-16)15-4-5-17-18(11-15)28-9-8-27-17/h2-5,10-11H,6-9,12-14H2,1H3,(H2,21,24). The molecular formula is C20H25N3O5S. The SMILES string of the molecule is COCCN(CC(N)=O)CC(=O)N(Cc1cccs1)c1ccc2c(c1)OCCO2. The summed E-state index contributed by atoms with van der Waals surface area (Å²) in [6.45, 7) is 2.26. The minimum Gasteiger partial charge on any atom is -0.486 e. The largest absolute Gasteiger partial charge is 0.486 e. The van der Waals surface area contributed by atoms with Crippen LogP contribution < -0.4 is 20.1 Å². The Kier molecular flexibility index (Phi) is 7.45. The number of fused-ring (bicyclic) bond motifs is 1. The van der Waals surface area contributed by atoms with Gasteiger partial charge in [0.1, 0.15) is 13.2 Å². The summed E-state index contributed by atoms with van der Waals surface area (Å²) in [5.41, 5.74) is 6.05. The molecule has 0 bridgehead atoms. The van der Waals surface area contributed by atoms with E-state index in [-0.39, 0.29) is 19.0 Å². The van der Waals surface area contributed by atoms with Crippen molar-refractivity contribution in [2.45, 2.75) is 6.54 Å². The molecule has 0 saturated carbocycles. The summed E-state index contributed by atoms with van der Waals surface area (Å²) in [6.07, 6.45) is 0. The van der Waals surface area contributed by atoms with Crippen LogP contribution in [0.1, 0.15) is 4.88 Å². The van der Waals surface area contributed by atoms with Gasteiger partial charge in [0.2, 0.25) is 11.8 Å². The summed E-state index contributed by atoms with van der Waals surface area (Å²) in [6, 6.07) is 9.39. The predicted molar refractivity (Wildman–Crippen MR) is 110 cm³/mol. The second-order valence-corrected chi connectivity index (χ2v) is 7.59. The third kappa shape index (κ3) is 5.93. The molecule has 9 heteroatoms. The van der Waals surface area contributed by atoms with E-state index in [2.05, 4.69) is 0 Å². The maximum Gasteiger partial charge on any atom is 0.241 e. The lowest BCUT2D eigenvalue weighted by atomic mass is 10.2. The number of hydrogen-bond donors (Lipinski definition) is 1. The van der Waals surface area contributed by atoms with Crippen molar-refractivity contribution < 1.29 is 23.8 Å². The van der Waals surface area contributed by atoms with Crippen LogP contribution in [0.15, 0.2) is 35.7 Å². The van der Waals surface area contributed by atoms with Gasteiger partial charge in [-0.1, -0.05) is 6.07 Å². The summed E-state index contributed by atoms with van der Waals surface area (Å²) in [5.74, 6) is 0.649. The molecule has 2 amide bonds. The first kappa shape index (κ1) is 21.1. The maximum absolute atomic E-state index is 13.2. The van der Waals surface area contributed by atoms with Crippen LogP contribution in [0, 0.1) is 0 Å². The fourth-order valence-corrected chi connectivity index (χ4v) is 3.71. The molecule has 1 aliphatic rings. The summed E-state index contributed by atoms with van der Waals surface area (Å²) < 4.78 is 16.3. The molecule has 0 aliphatic carbocycles. The van der Waals surface area contributed by atoms with Gasteiger partial charge >= 0.3 is 0 Å². The van der Waals surface area contributed by atoms with Gasteiger partial charge in [-0.2, -0.15) is 0 Å². The Balaban J connectivity index is 1.82. The van der Waals surface area contributed by atoms with Gasteiger partial charge in [0.25, 0.3) is 0 Å². The molecule has 2 N–H and O–H groups in total. The Morgan fingerprint density at radius 2 is 1.97 bits per heavy atom. The quantitative estimate of drug-likeness (QED) is 0.627. The zero-order valence-corrected chi connectivity index (χ0v) is 17.2. The third-order valence-electron chi connectivity index (χ3n) is 4.38. The highest BCUT2D eigenvalue weighted by Crippen LogP contribution is 2.34. The summed E-state index contributed by atoms with van der Waals surface area (Å²) >= 11 is 1.58. The molecule has 1 aromatic carbocycles. The number of ether oxygens (including phenoxy) is 3. The average Bonchev–Trinajstić information content (AvgIpc) is 3.22. The molecule has 1 aliphatic heterocycles. The first-order valence-corrected chi connectivity index (χ1v) is 10.2. The van der Waals surface area contributed by atoms with Crippen LogP contribution in [0.5, 0.6) is 11.5 Å². The number of primary amides is 1. The van der Waals surface area contributed by atoms with Crippen molar-refractivity contribution >= 4 is 28.8 Å². The highest BCUT2D eigenvalue weighted by atomic mass is 32.1. The molecule has 156 valence electrons. The number of nitrogens with zero attached hydrogens (tertiary/aromatic N) is 2. The monoisotopic (exact) mass is 419 g/mol. The second kappa shape index (κ2) is 10.2. The summed E-state index contributed by atoms with van der Waals surface area (Å²) in [4.78, 5) is 29.0. The van der Waals surface area contributed by atoms with Gasteiger partial charge in [-0.15, -0.1) is 11.3 Å². The zero-order chi connectivity index (χ0) is 20.6. The molecule has 1 aromatic heterocycles. The van der Waals surface area contributed by atoms with Crippen LogP contribution in [0.4, 0.5) is 5.69 Å². The Labute approximate surface area is 173 Å². The number of carbonyl (C=O) groups is 2. The summed E-state index contributed by atoms with van der Waals surface area (Å²) in [7, 11) is 1.57. The molecular weight excluding hydrogens is 394 g/mol. The zero-order valence-electron chi connectivity index (χ0n) is 16.3. The minimum absolute atomic E-state index is 0.0108. The molecule has 0 atom stereocenters. The number of benzene rings is 1. The van der Waals surface area contributed by atoms with Gasteiger partial charge in [0.05, 0.1) is 26.2 Å². The molecule has 0 radical (unpaired) electrons. The first-order chi connectivity index (χ1) is 14.1.